The summed E-state index contributed by atoms with van der Waals surface area (Å²) in [4.78, 5) is 15.9. The van der Waals surface area contributed by atoms with Crippen LogP contribution in [0.15, 0.2) is 128 Å². The number of aromatic nitrogens is 3. The van der Waals surface area contributed by atoms with E-state index in [0.717, 1.165) is 33.3 Å². The Kier molecular flexibility index (Phi) is 5.77. The number of nitrogens with zero attached hydrogens (tertiary/aromatic N) is 4. The Morgan fingerprint density at radius 2 is 1.24 bits per heavy atom. The molecular weight excluding hydrogens is 472 g/mol. The molecule has 6 rings (SSSR count). The summed E-state index contributed by atoms with van der Waals surface area (Å²) < 4.78 is 1.96. The van der Waals surface area contributed by atoms with Crippen molar-refractivity contribution in [1.82, 2.24) is 14.8 Å². The van der Waals surface area contributed by atoms with Crippen molar-refractivity contribution >= 4 is 16.6 Å². The minimum atomic E-state index is -0.906. The molecule has 2 aromatic heterocycles. The summed E-state index contributed by atoms with van der Waals surface area (Å²) in [6.45, 7) is 1.77. The van der Waals surface area contributed by atoms with Crippen LogP contribution in [0, 0.1) is 17.0 Å². The first-order valence-electron chi connectivity index (χ1n) is 12.4. The molecule has 6 aromatic rings. The van der Waals surface area contributed by atoms with Crippen molar-refractivity contribution in [2.45, 2.75) is 12.5 Å². The summed E-state index contributed by atoms with van der Waals surface area (Å²) in [7, 11) is 0. The van der Waals surface area contributed by atoms with Crippen molar-refractivity contribution in [2.24, 2.45) is 0 Å². The second-order valence-corrected chi connectivity index (χ2v) is 9.22. The molecule has 0 saturated heterocycles. The number of fused-ring (bicyclic) bond motifs is 1. The van der Waals surface area contributed by atoms with Gasteiger partial charge < -0.3 is 0 Å². The third-order valence-electron chi connectivity index (χ3n) is 7.04. The highest BCUT2D eigenvalue weighted by molar-refractivity contribution is 5.96. The zero-order valence-corrected chi connectivity index (χ0v) is 20.7. The van der Waals surface area contributed by atoms with Gasteiger partial charge in [0.15, 0.2) is 0 Å². The van der Waals surface area contributed by atoms with E-state index in [2.05, 4.69) is 41.4 Å². The minimum absolute atomic E-state index is 0.0583. The van der Waals surface area contributed by atoms with Gasteiger partial charge in [-0.25, -0.2) is 4.68 Å². The van der Waals surface area contributed by atoms with Gasteiger partial charge in [-0.15, -0.1) is 0 Å². The van der Waals surface area contributed by atoms with Gasteiger partial charge in [0.25, 0.3) is 5.69 Å². The Morgan fingerprint density at radius 1 is 0.737 bits per heavy atom. The average molecular weight is 497 g/mol. The van der Waals surface area contributed by atoms with Crippen molar-refractivity contribution in [2.75, 3.05) is 0 Å². The molecular formula is C32H24N4O2. The molecule has 0 saturated carbocycles. The smallest absolute Gasteiger partial charge is 0.265 e. The first-order valence-corrected chi connectivity index (χ1v) is 12.4. The Balaban J connectivity index is 1.83. The fraction of sp³-hybridized carbons (Fsp3) is 0.0625. The molecule has 6 heteroatoms. The summed E-state index contributed by atoms with van der Waals surface area (Å²) in [5, 5.41) is 18.2. The van der Waals surface area contributed by atoms with Gasteiger partial charge in [0.05, 0.1) is 10.4 Å². The molecule has 4 aromatic carbocycles. The van der Waals surface area contributed by atoms with Crippen LogP contribution in [0.2, 0.25) is 0 Å². The number of aryl methyl sites for hydroxylation is 1. The van der Waals surface area contributed by atoms with Crippen LogP contribution in [0.4, 0.5) is 5.69 Å². The molecule has 0 unspecified atom stereocenters. The number of hydrogen-bond donors (Lipinski definition) is 0. The van der Waals surface area contributed by atoms with Crippen LogP contribution in [0.5, 0.6) is 0 Å². The predicted octanol–water partition coefficient (Wildman–Crippen LogP) is 7.16. The molecule has 0 atom stereocenters. The van der Waals surface area contributed by atoms with E-state index in [-0.39, 0.29) is 10.6 Å². The SMILES string of the molecule is Cc1cc2c(-c3ccncc3)nn(C(c3ccccc3)(c3ccccc3)c3ccccc3)c2cc1[N+](=O)[O-]. The number of benzene rings is 4. The zero-order valence-electron chi connectivity index (χ0n) is 20.7. The lowest BCUT2D eigenvalue weighted by molar-refractivity contribution is -0.385. The van der Waals surface area contributed by atoms with Crippen LogP contribution in [0.25, 0.3) is 22.2 Å². The second-order valence-electron chi connectivity index (χ2n) is 9.22. The van der Waals surface area contributed by atoms with Crippen molar-refractivity contribution in [3.05, 3.63) is 160 Å². The van der Waals surface area contributed by atoms with Gasteiger partial charge in [-0.3, -0.25) is 15.1 Å². The summed E-state index contributed by atoms with van der Waals surface area (Å²) in [5.74, 6) is 0. The lowest BCUT2D eigenvalue weighted by Gasteiger charge is -2.37. The molecule has 6 nitrogen and oxygen atoms in total. The van der Waals surface area contributed by atoms with E-state index in [1.165, 1.54) is 0 Å². The lowest BCUT2D eigenvalue weighted by Crippen LogP contribution is -2.38. The Hall–Kier alpha value is -5.10. The van der Waals surface area contributed by atoms with Gasteiger partial charge in [-0.1, -0.05) is 91.0 Å². The van der Waals surface area contributed by atoms with E-state index >= 15 is 0 Å². The molecule has 0 fully saturated rings. The predicted molar refractivity (Wildman–Crippen MR) is 149 cm³/mol. The Labute approximate surface area is 220 Å². The molecule has 0 aliphatic carbocycles. The van der Waals surface area contributed by atoms with Crippen LogP contribution in [-0.4, -0.2) is 19.7 Å². The zero-order chi connectivity index (χ0) is 26.1. The van der Waals surface area contributed by atoms with Crippen molar-refractivity contribution < 1.29 is 4.92 Å². The topological polar surface area (TPSA) is 73.8 Å². The number of rotatable bonds is 6. The van der Waals surface area contributed by atoms with Gasteiger partial charge in [0.1, 0.15) is 11.2 Å². The van der Waals surface area contributed by atoms with Crippen LogP contribution in [0.3, 0.4) is 0 Å². The normalized spacial score (nSPS) is 11.5. The molecule has 0 spiro atoms. The highest BCUT2D eigenvalue weighted by atomic mass is 16.6. The largest absolute Gasteiger partial charge is 0.274 e. The molecule has 184 valence electrons. The molecule has 0 amide bonds. The van der Waals surface area contributed by atoms with Gasteiger partial charge in [0, 0.05) is 35.0 Å². The minimum Gasteiger partial charge on any atom is -0.265 e. The highest BCUT2D eigenvalue weighted by Crippen LogP contribution is 2.44. The number of nitro benzene ring substituents is 1. The maximum atomic E-state index is 12.1. The third kappa shape index (κ3) is 3.66. The van der Waals surface area contributed by atoms with Crippen molar-refractivity contribution in [3.8, 4) is 11.3 Å². The lowest BCUT2D eigenvalue weighted by atomic mass is 9.77. The van der Waals surface area contributed by atoms with Gasteiger partial charge in [0.2, 0.25) is 0 Å². The molecule has 0 N–H and O–H groups in total. The molecule has 0 aliphatic heterocycles. The first kappa shape index (κ1) is 23.3. The fourth-order valence-electron chi connectivity index (χ4n) is 5.34. The monoisotopic (exact) mass is 496 g/mol. The Bertz CT molecular complexity index is 1640. The van der Waals surface area contributed by atoms with E-state index < -0.39 is 5.54 Å². The van der Waals surface area contributed by atoms with Crippen LogP contribution in [-0.2, 0) is 5.54 Å². The van der Waals surface area contributed by atoms with Crippen LogP contribution in [0.1, 0.15) is 22.3 Å². The maximum Gasteiger partial charge on any atom is 0.274 e. The van der Waals surface area contributed by atoms with E-state index in [1.54, 1.807) is 25.4 Å². The molecule has 38 heavy (non-hydrogen) atoms. The molecule has 0 radical (unpaired) electrons. The van der Waals surface area contributed by atoms with E-state index in [9.17, 15) is 10.1 Å². The molecule has 0 aliphatic rings. The van der Waals surface area contributed by atoms with Gasteiger partial charge >= 0.3 is 0 Å². The van der Waals surface area contributed by atoms with Crippen molar-refractivity contribution in [3.63, 3.8) is 0 Å². The maximum absolute atomic E-state index is 12.1. The number of hydrogen-bond acceptors (Lipinski definition) is 4. The molecule has 2 heterocycles. The van der Waals surface area contributed by atoms with Crippen LogP contribution < -0.4 is 0 Å². The highest BCUT2D eigenvalue weighted by Gasteiger charge is 2.41. The average Bonchev–Trinajstić information content (AvgIpc) is 3.33. The number of nitro groups is 1. The standard InChI is InChI=1S/C32H24N4O2/c1-23-21-28-30(22-29(23)36(37)38)35(34-31(28)24-17-19-33-20-18-24)32(25-11-5-2-6-12-25,26-13-7-3-8-14-26)27-15-9-4-10-16-27/h2-22H,1H3. The second kappa shape index (κ2) is 9.41. The third-order valence-corrected chi connectivity index (χ3v) is 7.04. The van der Waals surface area contributed by atoms with Crippen LogP contribution >= 0.6 is 0 Å². The quantitative estimate of drug-likeness (QED) is 0.139. The molecule has 0 bridgehead atoms. The summed E-state index contributed by atoms with van der Waals surface area (Å²) in [5.41, 5.74) is 5.02. The fourth-order valence-corrected chi connectivity index (χ4v) is 5.34. The number of pyridine rings is 1. The van der Waals surface area contributed by atoms with E-state index in [1.807, 2.05) is 77.5 Å². The van der Waals surface area contributed by atoms with Crippen molar-refractivity contribution in [1.29, 1.82) is 0 Å². The first-order chi connectivity index (χ1) is 18.6. The van der Waals surface area contributed by atoms with E-state index in [4.69, 9.17) is 5.10 Å². The van der Waals surface area contributed by atoms with E-state index in [0.29, 0.717) is 11.1 Å². The summed E-state index contributed by atoms with van der Waals surface area (Å²) in [6, 6.07) is 37.9. The summed E-state index contributed by atoms with van der Waals surface area (Å²) >= 11 is 0. The summed E-state index contributed by atoms with van der Waals surface area (Å²) in [6.07, 6.45) is 3.47. The Morgan fingerprint density at radius 3 is 1.71 bits per heavy atom. The van der Waals surface area contributed by atoms with Gasteiger partial charge in [-0.05, 0) is 41.8 Å². The van der Waals surface area contributed by atoms with Gasteiger partial charge in [-0.2, -0.15) is 5.10 Å².